The molecule has 1 saturated heterocycles. The summed E-state index contributed by atoms with van der Waals surface area (Å²) < 4.78 is 64.4. The van der Waals surface area contributed by atoms with Gasteiger partial charge in [-0.1, -0.05) is 17.8 Å². The molecule has 0 aromatic carbocycles. The number of hydrogen-bond acceptors (Lipinski definition) is 7. The van der Waals surface area contributed by atoms with E-state index in [0.29, 0.717) is 41.6 Å². The Morgan fingerprint density at radius 1 is 1.12 bits per heavy atom. The highest BCUT2D eigenvalue weighted by Gasteiger charge is 2.35. The number of nitrogens with one attached hydrogen (secondary N) is 1. The van der Waals surface area contributed by atoms with E-state index in [1.54, 1.807) is 12.1 Å². The highest BCUT2D eigenvalue weighted by Crippen LogP contribution is 2.33. The molecule has 3 heterocycles. The maximum atomic E-state index is 12.6. The molecule has 3 rings (SSSR count). The number of sulfonamides is 1. The van der Waals surface area contributed by atoms with Gasteiger partial charge in [-0.2, -0.15) is 17.5 Å². The van der Waals surface area contributed by atoms with Crippen LogP contribution in [0.3, 0.4) is 0 Å². The van der Waals surface area contributed by atoms with Gasteiger partial charge in [-0.25, -0.2) is 8.42 Å². The van der Waals surface area contributed by atoms with Crippen molar-refractivity contribution in [3.63, 3.8) is 0 Å². The van der Waals surface area contributed by atoms with Gasteiger partial charge in [0, 0.05) is 24.5 Å². The summed E-state index contributed by atoms with van der Waals surface area (Å²) in [6.07, 6.45) is -1.20. The molecule has 1 aliphatic heterocycles. The fourth-order valence-corrected chi connectivity index (χ4v) is 6.23. The van der Waals surface area contributed by atoms with Gasteiger partial charge in [-0.3, -0.25) is 0 Å². The quantitative estimate of drug-likeness (QED) is 0.766. The first-order valence-electron chi connectivity index (χ1n) is 8.00. The lowest BCUT2D eigenvalue weighted by Crippen LogP contribution is -2.35. The number of thiophene rings is 1. The number of aromatic nitrogens is 2. The normalized spacial score (nSPS) is 16.7. The smallest absolute Gasteiger partial charge is 0.360 e. The summed E-state index contributed by atoms with van der Waals surface area (Å²) in [4.78, 5) is 0.841. The van der Waals surface area contributed by atoms with Crippen LogP contribution in [0.2, 0.25) is 0 Å². The Labute approximate surface area is 157 Å². The molecule has 12 heteroatoms. The first-order chi connectivity index (χ1) is 12.3. The summed E-state index contributed by atoms with van der Waals surface area (Å²) in [5.41, 5.74) is 0. The fourth-order valence-electron chi connectivity index (χ4n) is 2.57. The van der Waals surface area contributed by atoms with E-state index in [9.17, 15) is 21.6 Å². The number of rotatable bonds is 6. The van der Waals surface area contributed by atoms with Crippen LogP contribution in [0, 0.1) is 0 Å². The van der Waals surface area contributed by atoms with E-state index in [1.807, 2.05) is 0 Å². The number of halogens is 3. The first-order valence-corrected chi connectivity index (χ1v) is 11.1. The minimum absolute atomic E-state index is 0.0926. The largest absolute Gasteiger partial charge is 0.445 e. The van der Waals surface area contributed by atoms with E-state index in [4.69, 9.17) is 0 Å². The molecule has 1 aliphatic rings. The zero-order valence-electron chi connectivity index (χ0n) is 13.6. The molecule has 0 spiro atoms. The molecular formula is C14H17F3N4O2S3. The van der Waals surface area contributed by atoms with Crippen molar-refractivity contribution in [1.82, 2.24) is 14.5 Å². The van der Waals surface area contributed by atoms with Crippen LogP contribution in [0.15, 0.2) is 16.3 Å². The van der Waals surface area contributed by atoms with Crippen molar-refractivity contribution >= 4 is 37.8 Å². The van der Waals surface area contributed by atoms with Crippen LogP contribution >= 0.6 is 22.7 Å². The van der Waals surface area contributed by atoms with Crippen molar-refractivity contribution < 1.29 is 21.6 Å². The molecule has 1 fully saturated rings. The summed E-state index contributed by atoms with van der Waals surface area (Å²) in [6, 6.07) is 3.33. The molecule has 6 nitrogen and oxygen atoms in total. The molecule has 0 bridgehead atoms. The number of piperidine rings is 1. The minimum atomic E-state index is -4.50. The van der Waals surface area contributed by atoms with Crippen LogP contribution in [0.5, 0.6) is 0 Å². The Hall–Kier alpha value is -1.24. The van der Waals surface area contributed by atoms with E-state index in [2.05, 4.69) is 15.5 Å². The van der Waals surface area contributed by atoms with Gasteiger partial charge in [0.2, 0.25) is 10.1 Å². The van der Waals surface area contributed by atoms with Crippen LogP contribution in [0.4, 0.5) is 18.3 Å². The molecule has 0 amide bonds. The van der Waals surface area contributed by atoms with Crippen molar-refractivity contribution in [1.29, 1.82) is 0 Å². The SMILES string of the molecule is O=S(=O)(c1ccc(CCNc2nnc(C(F)(F)F)s2)s1)N1CCCCC1. The molecule has 2 aromatic rings. The molecule has 26 heavy (non-hydrogen) atoms. The van der Waals surface area contributed by atoms with Gasteiger partial charge < -0.3 is 5.32 Å². The van der Waals surface area contributed by atoms with Crippen molar-refractivity contribution in [3.8, 4) is 0 Å². The lowest BCUT2D eigenvalue weighted by atomic mass is 10.2. The van der Waals surface area contributed by atoms with Crippen molar-refractivity contribution in [2.75, 3.05) is 25.0 Å². The Morgan fingerprint density at radius 3 is 2.50 bits per heavy atom. The summed E-state index contributed by atoms with van der Waals surface area (Å²) in [5, 5.41) is 8.44. The lowest BCUT2D eigenvalue weighted by Gasteiger charge is -2.25. The zero-order chi connectivity index (χ0) is 18.8. The third kappa shape index (κ3) is 4.53. The van der Waals surface area contributed by atoms with Gasteiger partial charge in [0.15, 0.2) is 0 Å². The molecule has 0 radical (unpaired) electrons. The van der Waals surface area contributed by atoms with Crippen molar-refractivity contribution in [2.45, 2.75) is 36.1 Å². The highest BCUT2D eigenvalue weighted by molar-refractivity contribution is 7.91. The molecule has 1 N–H and O–H groups in total. The van der Waals surface area contributed by atoms with Crippen molar-refractivity contribution in [3.05, 3.63) is 22.0 Å². The summed E-state index contributed by atoms with van der Waals surface area (Å²) in [7, 11) is -3.45. The molecule has 144 valence electrons. The molecule has 0 atom stereocenters. The maximum Gasteiger partial charge on any atom is 0.445 e. The lowest BCUT2D eigenvalue weighted by molar-refractivity contribution is -0.138. The third-order valence-electron chi connectivity index (χ3n) is 3.86. The van der Waals surface area contributed by atoms with E-state index < -0.39 is 21.2 Å². The van der Waals surface area contributed by atoms with Gasteiger partial charge in [0.05, 0.1) is 0 Å². The second-order valence-electron chi connectivity index (χ2n) is 5.77. The predicted octanol–water partition coefficient (Wildman–Crippen LogP) is 3.45. The molecule has 0 saturated carbocycles. The number of hydrogen-bond donors (Lipinski definition) is 1. The van der Waals surface area contributed by atoms with E-state index in [-0.39, 0.29) is 5.13 Å². The topological polar surface area (TPSA) is 75.2 Å². The van der Waals surface area contributed by atoms with Crippen molar-refractivity contribution in [2.24, 2.45) is 0 Å². The van der Waals surface area contributed by atoms with Gasteiger partial charge in [0.1, 0.15) is 4.21 Å². The van der Waals surface area contributed by atoms with Gasteiger partial charge >= 0.3 is 6.18 Å². The minimum Gasteiger partial charge on any atom is -0.360 e. The van der Waals surface area contributed by atoms with Gasteiger partial charge in [-0.05, 0) is 31.4 Å². The number of anilines is 1. The Balaban J connectivity index is 1.56. The van der Waals surface area contributed by atoms with Crippen LogP contribution in [-0.4, -0.2) is 42.6 Å². The van der Waals surface area contributed by atoms with Crippen LogP contribution in [0.25, 0.3) is 0 Å². The molecule has 2 aromatic heterocycles. The average molecular weight is 427 g/mol. The average Bonchev–Trinajstić information content (AvgIpc) is 3.25. The monoisotopic (exact) mass is 426 g/mol. The molecule has 0 unspecified atom stereocenters. The van der Waals surface area contributed by atoms with Gasteiger partial charge in [-0.15, -0.1) is 21.5 Å². The van der Waals surface area contributed by atoms with Crippen LogP contribution in [-0.2, 0) is 22.6 Å². The predicted molar refractivity (Wildman–Crippen MR) is 94.0 cm³/mol. The second kappa shape index (κ2) is 7.79. The fraction of sp³-hybridized carbons (Fsp3) is 0.571. The third-order valence-corrected chi connectivity index (χ3v) is 8.30. The number of nitrogens with zero attached hydrogens (tertiary/aromatic N) is 3. The molecule has 0 aliphatic carbocycles. The Bertz CT molecular complexity index is 842. The van der Waals surface area contributed by atoms with E-state index >= 15 is 0 Å². The standard InChI is InChI=1S/C14H17F3N4O2S3/c15-14(16,17)12-19-20-13(25-12)18-7-6-10-4-5-11(24-10)26(22,23)21-8-2-1-3-9-21/h4-5H,1-3,6-9H2,(H,18,20). The van der Waals surface area contributed by atoms with Crippen LogP contribution in [0.1, 0.15) is 29.1 Å². The van der Waals surface area contributed by atoms with Gasteiger partial charge in [0.25, 0.3) is 10.0 Å². The first kappa shape index (κ1) is 19.5. The summed E-state index contributed by atoms with van der Waals surface area (Å²) in [6.45, 7) is 1.45. The Morgan fingerprint density at radius 2 is 1.85 bits per heavy atom. The molecular weight excluding hydrogens is 409 g/mol. The van der Waals surface area contributed by atoms with Crippen LogP contribution < -0.4 is 5.32 Å². The van der Waals surface area contributed by atoms with E-state index in [0.717, 1.165) is 24.1 Å². The maximum absolute atomic E-state index is 12.6. The Kier molecular flexibility index (Phi) is 5.85. The summed E-state index contributed by atoms with van der Waals surface area (Å²) in [5.74, 6) is 0. The number of alkyl halides is 3. The summed E-state index contributed by atoms with van der Waals surface area (Å²) >= 11 is 1.64. The van der Waals surface area contributed by atoms with E-state index in [1.165, 1.54) is 15.6 Å². The highest BCUT2D eigenvalue weighted by atomic mass is 32.2. The second-order valence-corrected chi connectivity index (χ2v) is 10.1. The zero-order valence-corrected chi connectivity index (χ0v) is 16.1.